The molecule has 0 radical (unpaired) electrons. The van der Waals surface area contributed by atoms with Gasteiger partial charge in [0.05, 0.1) is 5.70 Å². The molecule has 2 aliphatic carbocycles. The van der Waals surface area contributed by atoms with Gasteiger partial charge < -0.3 is 4.90 Å². The molecule has 2 nitrogen and oxygen atoms in total. The zero-order chi connectivity index (χ0) is 30.7. The molecule has 3 unspecified atom stereocenters. The van der Waals surface area contributed by atoms with Gasteiger partial charge >= 0.3 is 0 Å². The van der Waals surface area contributed by atoms with Crippen LogP contribution < -0.4 is 0 Å². The molecule has 2 aromatic rings. The molecule has 2 fully saturated rings. The summed E-state index contributed by atoms with van der Waals surface area (Å²) < 4.78 is 13.6. The lowest BCUT2D eigenvalue weighted by atomic mass is 9.73. The van der Waals surface area contributed by atoms with Gasteiger partial charge in [-0.3, -0.25) is 4.79 Å². The number of rotatable bonds is 10. The van der Waals surface area contributed by atoms with Crippen LogP contribution in [0.2, 0.25) is 0 Å². The van der Waals surface area contributed by atoms with Crippen LogP contribution in [0.3, 0.4) is 0 Å². The van der Waals surface area contributed by atoms with Crippen LogP contribution in [0.4, 0.5) is 4.39 Å². The van der Waals surface area contributed by atoms with Crippen molar-refractivity contribution in [2.45, 2.75) is 123 Å². The number of carbonyl (C=O) groups is 1. The normalized spacial score (nSPS) is 26.7. The topological polar surface area (TPSA) is 20.3 Å². The average Bonchev–Trinajstić information content (AvgIpc) is 3.24. The Morgan fingerprint density at radius 2 is 1.57 bits per heavy atom. The number of carbonyl (C=O) groups excluding carboxylic acids is 1. The Morgan fingerprint density at radius 1 is 0.841 bits per heavy atom. The molecule has 1 heterocycles. The van der Waals surface area contributed by atoms with Gasteiger partial charge in [0.15, 0.2) is 5.78 Å². The highest BCUT2D eigenvalue weighted by molar-refractivity contribution is 5.95. The van der Waals surface area contributed by atoms with Crippen molar-refractivity contribution in [1.82, 2.24) is 4.90 Å². The Morgan fingerprint density at radius 3 is 2.34 bits per heavy atom. The van der Waals surface area contributed by atoms with Crippen molar-refractivity contribution < 1.29 is 9.18 Å². The molecule has 3 atom stereocenters. The second-order valence-electron chi connectivity index (χ2n) is 14.3. The van der Waals surface area contributed by atoms with Gasteiger partial charge in [0.1, 0.15) is 5.82 Å². The van der Waals surface area contributed by atoms with Crippen molar-refractivity contribution in [2.24, 2.45) is 29.6 Å². The number of nitrogens with zero attached hydrogens (tertiary/aromatic N) is 1. The minimum Gasteiger partial charge on any atom is -0.341 e. The second-order valence-corrected chi connectivity index (χ2v) is 14.3. The van der Waals surface area contributed by atoms with Crippen molar-refractivity contribution >= 4 is 5.78 Å². The summed E-state index contributed by atoms with van der Waals surface area (Å²) in [5, 5.41) is 0. The van der Waals surface area contributed by atoms with Crippen LogP contribution in [-0.2, 0) is 11.3 Å². The monoisotopic (exact) mass is 597 g/mol. The van der Waals surface area contributed by atoms with Gasteiger partial charge in [0.2, 0.25) is 0 Å². The minimum atomic E-state index is -0.226. The molecule has 5 rings (SSSR count). The first-order valence-electron chi connectivity index (χ1n) is 18.0. The fraction of sp³-hybridized carbons (Fsp3) is 0.585. The lowest BCUT2D eigenvalue weighted by Gasteiger charge is -2.33. The van der Waals surface area contributed by atoms with E-state index in [9.17, 15) is 9.18 Å². The molecule has 44 heavy (non-hydrogen) atoms. The van der Waals surface area contributed by atoms with Crippen LogP contribution in [0.1, 0.15) is 122 Å². The number of hydrogen-bond donors (Lipinski definition) is 0. The SMILES string of the molecule is CCC1CCCC(C)C(CC2CCC(CCC(=O)C3=CCCC=CN3Cc3ccccc3-c3ccc(F)cc3)CC2)CCC1. The Bertz CT molecular complexity index is 1240. The summed E-state index contributed by atoms with van der Waals surface area (Å²) in [7, 11) is 0. The quantitative estimate of drug-likeness (QED) is 0.271. The van der Waals surface area contributed by atoms with Gasteiger partial charge in [-0.05, 0) is 84.1 Å². The van der Waals surface area contributed by atoms with Gasteiger partial charge in [-0.1, -0.05) is 133 Å². The first-order chi connectivity index (χ1) is 21.5. The molecule has 0 bridgehead atoms. The van der Waals surface area contributed by atoms with E-state index in [0.29, 0.717) is 18.9 Å². The third-order valence-corrected chi connectivity index (χ3v) is 11.3. The maximum Gasteiger partial charge on any atom is 0.178 e. The summed E-state index contributed by atoms with van der Waals surface area (Å²) in [5.74, 6) is 4.40. The fourth-order valence-corrected chi connectivity index (χ4v) is 8.35. The van der Waals surface area contributed by atoms with E-state index in [0.717, 1.165) is 65.3 Å². The molecular formula is C41H56FNO. The number of allylic oxidation sites excluding steroid dienone is 3. The van der Waals surface area contributed by atoms with E-state index in [-0.39, 0.29) is 11.6 Å². The van der Waals surface area contributed by atoms with Crippen molar-refractivity contribution in [3.63, 3.8) is 0 Å². The molecule has 3 heteroatoms. The standard InChI is InChI=1S/C41H56FNO/c1-3-32-12-9-11-31(2)36(15-10-13-32)29-34-20-18-33(19-21-34)22-27-41(44)40-17-5-4-8-28-43(40)30-37-14-6-7-16-39(37)35-23-25-38(42)26-24-35/h6-8,14,16-17,23-26,28,31-34,36H,3-5,9-13,15,18-22,27,29-30H2,1-2H3. The molecule has 0 saturated heterocycles. The summed E-state index contributed by atoms with van der Waals surface area (Å²) in [6, 6.07) is 15.0. The summed E-state index contributed by atoms with van der Waals surface area (Å²) in [4.78, 5) is 15.8. The Labute approximate surface area is 267 Å². The van der Waals surface area contributed by atoms with E-state index >= 15 is 0 Å². The third kappa shape index (κ3) is 9.18. The predicted molar refractivity (Wildman–Crippen MR) is 182 cm³/mol. The van der Waals surface area contributed by atoms with Crippen LogP contribution in [0.25, 0.3) is 11.1 Å². The number of halogens is 1. The third-order valence-electron chi connectivity index (χ3n) is 11.3. The van der Waals surface area contributed by atoms with Crippen molar-refractivity contribution in [3.05, 3.63) is 84.0 Å². The summed E-state index contributed by atoms with van der Waals surface area (Å²) in [6.45, 7) is 5.55. The van der Waals surface area contributed by atoms with Gasteiger partial charge in [-0.2, -0.15) is 0 Å². The molecular weight excluding hydrogens is 541 g/mol. The maximum atomic E-state index is 13.7. The molecule has 238 valence electrons. The smallest absolute Gasteiger partial charge is 0.178 e. The number of ketones is 1. The lowest BCUT2D eigenvalue weighted by Crippen LogP contribution is -2.24. The maximum absolute atomic E-state index is 13.7. The first kappa shape index (κ1) is 32.7. The Hall–Kier alpha value is -2.68. The highest BCUT2D eigenvalue weighted by atomic mass is 19.1. The molecule has 2 aromatic carbocycles. The largest absolute Gasteiger partial charge is 0.341 e. The van der Waals surface area contributed by atoms with Crippen LogP contribution in [0.15, 0.2) is 72.6 Å². The fourth-order valence-electron chi connectivity index (χ4n) is 8.35. The highest BCUT2D eigenvalue weighted by Gasteiger charge is 2.28. The first-order valence-corrected chi connectivity index (χ1v) is 18.0. The summed E-state index contributed by atoms with van der Waals surface area (Å²) in [5.41, 5.74) is 4.07. The van der Waals surface area contributed by atoms with Crippen LogP contribution >= 0.6 is 0 Å². The number of hydrogen-bond acceptors (Lipinski definition) is 2. The van der Waals surface area contributed by atoms with Crippen LogP contribution in [0, 0.1) is 35.4 Å². The number of benzene rings is 2. The van der Waals surface area contributed by atoms with Crippen molar-refractivity contribution in [1.29, 1.82) is 0 Å². The van der Waals surface area contributed by atoms with E-state index in [1.165, 1.54) is 89.2 Å². The molecule has 3 aliphatic rings. The van der Waals surface area contributed by atoms with Gasteiger partial charge in [0.25, 0.3) is 0 Å². The lowest BCUT2D eigenvalue weighted by molar-refractivity contribution is -0.117. The Balaban J connectivity index is 1.13. The average molecular weight is 598 g/mol. The van der Waals surface area contributed by atoms with E-state index in [1.807, 2.05) is 24.3 Å². The molecule has 0 amide bonds. The zero-order valence-electron chi connectivity index (χ0n) is 27.5. The predicted octanol–water partition coefficient (Wildman–Crippen LogP) is 11.7. The Kier molecular flexibility index (Phi) is 12.3. The summed E-state index contributed by atoms with van der Waals surface area (Å²) >= 11 is 0. The number of Topliss-reactive ketones (excluding diaryl/α,β-unsaturated/α-hetero) is 1. The van der Waals surface area contributed by atoms with Gasteiger partial charge in [0, 0.05) is 19.2 Å². The van der Waals surface area contributed by atoms with Gasteiger partial charge in [-0.25, -0.2) is 4.39 Å². The second kappa shape index (κ2) is 16.6. The van der Waals surface area contributed by atoms with E-state index in [1.54, 1.807) is 0 Å². The molecule has 0 N–H and O–H groups in total. The van der Waals surface area contributed by atoms with Crippen LogP contribution in [-0.4, -0.2) is 10.7 Å². The minimum absolute atomic E-state index is 0.226. The highest BCUT2D eigenvalue weighted by Crippen LogP contribution is 2.40. The molecule has 2 saturated carbocycles. The van der Waals surface area contributed by atoms with E-state index < -0.39 is 0 Å². The molecule has 0 aromatic heterocycles. The molecule has 0 spiro atoms. The van der Waals surface area contributed by atoms with E-state index in [2.05, 4.69) is 49.2 Å². The van der Waals surface area contributed by atoms with Crippen LogP contribution in [0.5, 0.6) is 0 Å². The summed E-state index contributed by atoms with van der Waals surface area (Å²) in [6.07, 6.45) is 26.7. The van der Waals surface area contributed by atoms with Gasteiger partial charge in [-0.15, -0.1) is 0 Å². The van der Waals surface area contributed by atoms with Crippen molar-refractivity contribution in [2.75, 3.05) is 0 Å². The van der Waals surface area contributed by atoms with E-state index in [4.69, 9.17) is 0 Å². The molecule has 1 aliphatic heterocycles. The zero-order valence-corrected chi connectivity index (χ0v) is 27.5. The van der Waals surface area contributed by atoms with Crippen molar-refractivity contribution in [3.8, 4) is 11.1 Å².